The van der Waals surface area contributed by atoms with Gasteiger partial charge in [0.05, 0.1) is 32.7 Å². The smallest absolute Gasteiger partial charge is 0.0916 e. The summed E-state index contributed by atoms with van der Waals surface area (Å²) in [6.45, 7) is 9.15. The van der Waals surface area contributed by atoms with Crippen molar-refractivity contribution >= 4 is 0 Å². The van der Waals surface area contributed by atoms with Gasteiger partial charge in [-0.3, -0.25) is 4.90 Å². The van der Waals surface area contributed by atoms with E-state index in [2.05, 4.69) is 14.9 Å². The first-order valence-corrected chi connectivity index (χ1v) is 4.93. The Morgan fingerprint density at radius 2 is 1.85 bits per heavy atom. The highest BCUT2D eigenvalue weighted by Crippen LogP contribution is 2.18. The second-order valence-electron chi connectivity index (χ2n) is 4.03. The average Bonchev–Trinajstić information content (AvgIpc) is 2.21. The number of azide groups is 1. The Labute approximate surface area is 78.1 Å². The molecule has 0 unspecified atom stereocenters. The molecule has 13 heavy (non-hydrogen) atoms. The molecule has 0 atom stereocenters. The summed E-state index contributed by atoms with van der Waals surface area (Å²) in [7, 11) is 0. The fraction of sp³-hybridized carbons (Fsp3) is 1.00. The molecule has 3 aliphatic rings. The predicted molar refractivity (Wildman–Crippen MR) is 50.2 cm³/mol. The van der Waals surface area contributed by atoms with Crippen LogP contribution in [-0.2, 0) is 0 Å². The van der Waals surface area contributed by atoms with Crippen LogP contribution in [0.3, 0.4) is 0 Å². The van der Waals surface area contributed by atoms with Crippen LogP contribution in [0.2, 0.25) is 0 Å². The van der Waals surface area contributed by atoms with Crippen LogP contribution in [0.1, 0.15) is 0 Å². The molecule has 0 aromatic carbocycles. The van der Waals surface area contributed by atoms with E-state index in [0.717, 1.165) is 6.54 Å². The van der Waals surface area contributed by atoms with Gasteiger partial charge >= 0.3 is 0 Å². The Kier molecular flexibility index (Phi) is 2.40. The van der Waals surface area contributed by atoms with Gasteiger partial charge in [-0.25, -0.2) is 0 Å². The molecule has 0 saturated carbocycles. The van der Waals surface area contributed by atoms with Crippen LogP contribution in [0.5, 0.6) is 0 Å². The molecule has 3 aliphatic heterocycles. The lowest BCUT2D eigenvalue weighted by Gasteiger charge is -2.50. The molecular formula is C8H16N5+. The van der Waals surface area contributed by atoms with E-state index in [4.69, 9.17) is 5.53 Å². The van der Waals surface area contributed by atoms with Gasteiger partial charge in [0.1, 0.15) is 0 Å². The molecule has 0 spiro atoms. The van der Waals surface area contributed by atoms with Crippen LogP contribution >= 0.6 is 0 Å². The van der Waals surface area contributed by atoms with Gasteiger partial charge in [-0.1, -0.05) is 5.11 Å². The Morgan fingerprint density at radius 1 is 1.23 bits per heavy atom. The lowest BCUT2D eigenvalue weighted by Crippen LogP contribution is -2.67. The molecule has 0 amide bonds. The molecule has 0 aliphatic carbocycles. The summed E-state index contributed by atoms with van der Waals surface area (Å²) >= 11 is 0. The number of nitrogens with zero attached hydrogens (tertiary/aromatic N) is 5. The van der Waals surface area contributed by atoms with Crippen molar-refractivity contribution in [1.82, 2.24) is 4.90 Å². The first-order chi connectivity index (χ1) is 6.35. The van der Waals surface area contributed by atoms with E-state index in [0.29, 0.717) is 6.54 Å². The molecule has 5 heteroatoms. The summed E-state index contributed by atoms with van der Waals surface area (Å²) in [5, 5.41) is 3.63. The first kappa shape index (κ1) is 8.81. The molecule has 0 aromatic heterocycles. The van der Waals surface area contributed by atoms with E-state index >= 15 is 0 Å². The molecule has 3 saturated heterocycles. The van der Waals surface area contributed by atoms with Crippen molar-refractivity contribution in [2.24, 2.45) is 5.11 Å². The number of fused-ring (bicyclic) bond motifs is 3. The van der Waals surface area contributed by atoms with Crippen molar-refractivity contribution in [3.05, 3.63) is 10.4 Å². The SMILES string of the molecule is [N-]=[N+]=NCC[N+]12CCN(CC1)CC2. The lowest BCUT2D eigenvalue weighted by atomic mass is 10.1. The van der Waals surface area contributed by atoms with Crippen LogP contribution in [0, 0.1) is 0 Å². The molecule has 0 radical (unpaired) electrons. The van der Waals surface area contributed by atoms with Crippen molar-refractivity contribution in [2.75, 3.05) is 52.4 Å². The third kappa shape index (κ3) is 1.77. The normalized spacial score (nSPS) is 37.1. The molecule has 3 fully saturated rings. The van der Waals surface area contributed by atoms with Crippen molar-refractivity contribution < 1.29 is 4.48 Å². The van der Waals surface area contributed by atoms with E-state index in [1.54, 1.807) is 0 Å². The fourth-order valence-electron chi connectivity index (χ4n) is 2.37. The van der Waals surface area contributed by atoms with Gasteiger partial charge in [-0.05, 0) is 5.53 Å². The monoisotopic (exact) mass is 182 g/mol. The van der Waals surface area contributed by atoms with Crippen molar-refractivity contribution in [2.45, 2.75) is 0 Å². The lowest BCUT2D eigenvalue weighted by molar-refractivity contribution is -0.939. The maximum Gasteiger partial charge on any atom is 0.0916 e. The van der Waals surface area contributed by atoms with E-state index in [1.807, 2.05) is 0 Å². The number of hydrogen-bond donors (Lipinski definition) is 0. The Hall–Kier alpha value is -0.770. The van der Waals surface area contributed by atoms with Crippen molar-refractivity contribution in [1.29, 1.82) is 0 Å². The van der Waals surface area contributed by atoms with Gasteiger partial charge in [-0.15, -0.1) is 0 Å². The highest BCUT2D eigenvalue weighted by Gasteiger charge is 2.37. The first-order valence-electron chi connectivity index (χ1n) is 4.93. The molecule has 2 bridgehead atoms. The summed E-state index contributed by atoms with van der Waals surface area (Å²) in [4.78, 5) is 5.32. The maximum atomic E-state index is 8.21. The quantitative estimate of drug-likeness (QED) is 0.270. The Bertz CT molecular complexity index is 211. The summed E-state index contributed by atoms with van der Waals surface area (Å²) in [5.41, 5.74) is 8.21. The maximum absolute atomic E-state index is 8.21. The van der Waals surface area contributed by atoms with Gasteiger partial charge in [0.25, 0.3) is 0 Å². The molecule has 5 nitrogen and oxygen atoms in total. The Balaban J connectivity index is 1.90. The standard InChI is InChI=1S/C8H16N5/c9-11-10-1-5-13-6-2-12(3-7-13)4-8-13/h1-8H2/q+1. The summed E-state index contributed by atoms with van der Waals surface area (Å²) in [6, 6.07) is 0. The molecule has 72 valence electrons. The highest BCUT2D eigenvalue weighted by atomic mass is 15.5. The van der Waals surface area contributed by atoms with E-state index in [-0.39, 0.29) is 0 Å². The summed E-state index contributed by atoms with van der Waals surface area (Å²) < 4.78 is 1.19. The predicted octanol–water partition coefficient (Wildman–Crippen LogP) is 0.443. The Morgan fingerprint density at radius 3 is 2.38 bits per heavy atom. The van der Waals surface area contributed by atoms with Gasteiger partial charge < -0.3 is 4.48 Å². The summed E-state index contributed by atoms with van der Waals surface area (Å²) in [6.07, 6.45) is 0. The highest BCUT2D eigenvalue weighted by molar-refractivity contribution is 4.71. The van der Waals surface area contributed by atoms with Crippen LogP contribution in [-0.4, -0.2) is 61.7 Å². The van der Waals surface area contributed by atoms with Crippen LogP contribution in [0.25, 0.3) is 10.4 Å². The minimum Gasteiger partial charge on any atom is -0.320 e. The molecule has 0 aromatic rings. The van der Waals surface area contributed by atoms with Gasteiger partial charge in [-0.2, -0.15) is 0 Å². The van der Waals surface area contributed by atoms with E-state index < -0.39 is 0 Å². The molecule has 3 heterocycles. The van der Waals surface area contributed by atoms with E-state index in [1.165, 1.54) is 43.8 Å². The topological polar surface area (TPSA) is 52.0 Å². The van der Waals surface area contributed by atoms with Gasteiger partial charge in [0.15, 0.2) is 0 Å². The van der Waals surface area contributed by atoms with Crippen LogP contribution in [0.15, 0.2) is 5.11 Å². The fourth-order valence-corrected chi connectivity index (χ4v) is 2.37. The van der Waals surface area contributed by atoms with Crippen molar-refractivity contribution in [3.63, 3.8) is 0 Å². The van der Waals surface area contributed by atoms with E-state index in [9.17, 15) is 0 Å². The molecule has 0 N–H and O–H groups in total. The van der Waals surface area contributed by atoms with Crippen molar-refractivity contribution in [3.8, 4) is 0 Å². The third-order valence-corrected chi connectivity index (χ3v) is 3.41. The zero-order valence-corrected chi connectivity index (χ0v) is 7.89. The zero-order valence-electron chi connectivity index (χ0n) is 7.89. The average molecular weight is 182 g/mol. The largest absolute Gasteiger partial charge is 0.320 e. The number of rotatable bonds is 3. The summed E-state index contributed by atoms with van der Waals surface area (Å²) in [5.74, 6) is 0. The van der Waals surface area contributed by atoms with Gasteiger partial charge in [0.2, 0.25) is 0 Å². The molecule has 3 rings (SSSR count). The second-order valence-corrected chi connectivity index (χ2v) is 4.03. The minimum absolute atomic E-state index is 0.663. The van der Waals surface area contributed by atoms with Crippen LogP contribution in [0.4, 0.5) is 0 Å². The number of hydrogen-bond acceptors (Lipinski definition) is 2. The number of piperazine rings is 3. The van der Waals surface area contributed by atoms with Crippen LogP contribution < -0.4 is 0 Å². The molecular weight excluding hydrogens is 166 g/mol. The second kappa shape index (κ2) is 3.54. The number of quaternary nitrogens is 1. The zero-order chi connectivity index (χ0) is 9.15. The van der Waals surface area contributed by atoms with Gasteiger partial charge in [0, 0.05) is 24.5 Å². The minimum atomic E-state index is 0.663. The third-order valence-electron chi connectivity index (χ3n) is 3.41.